The van der Waals surface area contributed by atoms with Crippen molar-refractivity contribution in [3.05, 3.63) is 59.7 Å². The van der Waals surface area contributed by atoms with E-state index in [0.717, 1.165) is 34.4 Å². The van der Waals surface area contributed by atoms with Crippen molar-refractivity contribution in [3.8, 4) is 0 Å². The summed E-state index contributed by atoms with van der Waals surface area (Å²) in [5.74, 6) is 2.02. The van der Waals surface area contributed by atoms with Crippen molar-refractivity contribution in [1.29, 1.82) is 0 Å². The Kier molecular flexibility index (Phi) is 7.26. The summed E-state index contributed by atoms with van der Waals surface area (Å²) >= 11 is 0. The van der Waals surface area contributed by atoms with Gasteiger partial charge in [0.1, 0.15) is 5.82 Å². The number of nitrogens with zero attached hydrogens (tertiary/aromatic N) is 5. The second-order valence-electron chi connectivity index (χ2n) is 9.68. The number of nitrogens with one attached hydrogen (secondary N) is 1. The summed E-state index contributed by atoms with van der Waals surface area (Å²) < 4.78 is 2.10. The maximum absolute atomic E-state index is 13.5. The Morgan fingerprint density at radius 3 is 2.56 bits per heavy atom. The summed E-state index contributed by atoms with van der Waals surface area (Å²) in [6.45, 7) is 6.35. The zero-order chi connectivity index (χ0) is 24.2. The molecule has 2 heterocycles. The summed E-state index contributed by atoms with van der Waals surface area (Å²) in [5, 5.41) is 14.1. The largest absolute Gasteiger partial charge is 0.345 e. The van der Waals surface area contributed by atoms with E-state index in [0.29, 0.717) is 38.5 Å². The van der Waals surface area contributed by atoms with E-state index in [2.05, 4.69) is 33.9 Å². The third-order valence-electron chi connectivity index (χ3n) is 6.18. The van der Waals surface area contributed by atoms with Gasteiger partial charge in [0.15, 0.2) is 5.82 Å². The molecule has 0 spiro atoms. The van der Waals surface area contributed by atoms with Crippen molar-refractivity contribution < 1.29 is 9.59 Å². The molecular weight excluding hydrogens is 428 g/mol. The molecule has 180 valence electrons. The lowest BCUT2D eigenvalue weighted by atomic mass is 10.0. The van der Waals surface area contributed by atoms with Crippen LogP contribution in [0.15, 0.2) is 42.5 Å². The molecule has 1 unspecified atom stereocenters. The molecule has 1 aliphatic heterocycles. The summed E-state index contributed by atoms with van der Waals surface area (Å²) in [4.78, 5) is 29.7. The molecule has 0 radical (unpaired) electrons. The van der Waals surface area contributed by atoms with Crippen LogP contribution in [0.1, 0.15) is 48.3 Å². The van der Waals surface area contributed by atoms with E-state index in [1.165, 1.54) is 0 Å². The fraction of sp³-hybridized carbons (Fsp3) is 0.462. The molecule has 2 aromatic carbocycles. The van der Waals surface area contributed by atoms with Crippen LogP contribution in [0.25, 0.3) is 10.8 Å². The Hall–Kier alpha value is -3.26. The number of carbonyl (C=O) groups is 2. The Bertz CT molecular complexity index is 1160. The zero-order valence-electron chi connectivity index (χ0n) is 20.5. The third-order valence-corrected chi connectivity index (χ3v) is 6.18. The first-order valence-corrected chi connectivity index (χ1v) is 12.0. The molecule has 0 saturated carbocycles. The molecule has 4 rings (SSSR count). The molecule has 8 heteroatoms. The Morgan fingerprint density at radius 2 is 1.79 bits per heavy atom. The number of likely N-dealkylation sites (N-methyl/N-ethyl adjacent to an activating group) is 1. The SMILES string of the molecule is CC(C)CC(NC(=O)CN(C)C)c1nnc2n1CCN(C(=O)c1cccc3ccccc13)CC2. The molecule has 1 N–H and O–H groups in total. The van der Waals surface area contributed by atoms with Crippen LogP contribution in [0.4, 0.5) is 0 Å². The van der Waals surface area contributed by atoms with Crippen molar-refractivity contribution in [2.24, 2.45) is 5.92 Å². The minimum Gasteiger partial charge on any atom is -0.345 e. The molecular formula is C26H34N6O2. The van der Waals surface area contributed by atoms with Gasteiger partial charge < -0.3 is 19.7 Å². The quantitative estimate of drug-likeness (QED) is 0.584. The molecule has 1 atom stereocenters. The average molecular weight is 463 g/mol. The maximum Gasteiger partial charge on any atom is 0.254 e. The minimum absolute atomic E-state index is 0.0330. The average Bonchev–Trinajstić information content (AvgIpc) is 3.08. The summed E-state index contributed by atoms with van der Waals surface area (Å²) in [6.07, 6.45) is 1.40. The van der Waals surface area contributed by atoms with Crippen LogP contribution in [0.5, 0.6) is 0 Å². The van der Waals surface area contributed by atoms with Crippen LogP contribution in [0, 0.1) is 5.92 Å². The molecule has 34 heavy (non-hydrogen) atoms. The van der Waals surface area contributed by atoms with E-state index in [9.17, 15) is 9.59 Å². The lowest BCUT2D eigenvalue weighted by Crippen LogP contribution is -2.38. The summed E-state index contributed by atoms with van der Waals surface area (Å²) in [7, 11) is 3.75. The highest BCUT2D eigenvalue weighted by Crippen LogP contribution is 2.24. The van der Waals surface area contributed by atoms with E-state index in [1.807, 2.05) is 66.4 Å². The van der Waals surface area contributed by atoms with Crippen LogP contribution in [-0.4, -0.2) is 70.1 Å². The van der Waals surface area contributed by atoms with Gasteiger partial charge in [-0.3, -0.25) is 9.59 Å². The second-order valence-corrected chi connectivity index (χ2v) is 9.68. The first-order chi connectivity index (χ1) is 16.3. The van der Waals surface area contributed by atoms with Crippen LogP contribution in [-0.2, 0) is 17.8 Å². The van der Waals surface area contributed by atoms with Crippen LogP contribution in [0.2, 0.25) is 0 Å². The van der Waals surface area contributed by atoms with Crippen LogP contribution in [0.3, 0.4) is 0 Å². The Balaban J connectivity index is 1.54. The predicted molar refractivity (Wildman–Crippen MR) is 132 cm³/mol. The van der Waals surface area contributed by atoms with E-state index in [4.69, 9.17) is 0 Å². The lowest BCUT2D eigenvalue weighted by molar-refractivity contribution is -0.122. The highest BCUT2D eigenvalue weighted by atomic mass is 16.2. The number of rotatable bonds is 7. The van der Waals surface area contributed by atoms with E-state index >= 15 is 0 Å². The molecule has 0 aliphatic carbocycles. The fourth-order valence-electron chi connectivity index (χ4n) is 4.62. The third kappa shape index (κ3) is 5.28. The number of benzene rings is 2. The molecule has 8 nitrogen and oxygen atoms in total. The monoisotopic (exact) mass is 462 g/mol. The van der Waals surface area contributed by atoms with Gasteiger partial charge in [-0.05, 0) is 43.3 Å². The van der Waals surface area contributed by atoms with E-state index in [-0.39, 0.29) is 17.9 Å². The Morgan fingerprint density at radius 1 is 1.03 bits per heavy atom. The minimum atomic E-state index is -0.214. The van der Waals surface area contributed by atoms with Crippen LogP contribution < -0.4 is 5.32 Å². The molecule has 1 aromatic heterocycles. The van der Waals surface area contributed by atoms with Crippen molar-refractivity contribution in [1.82, 2.24) is 29.9 Å². The van der Waals surface area contributed by atoms with Gasteiger partial charge in [-0.15, -0.1) is 10.2 Å². The number of hydrogen-bond donors (Lipinski definition) is 1. The number of carbonyl (C=O) groups excluding carboxylic acids is 2. The normalized spacial score (nSPS) is 14.8. The van der Waals surface area contributed by atoms with E-state index < -0.39 is 0 Å². The highest BCUT2D eigenvalue weighted by Gasteiger charge is 2.28. The van der Waals surface area contributed by atoms with Crippen molar-refractivity contribution in [3.63, 3.8) is 0 Å². The van der Waals surface area contributed by atoms with E-state index in [1.54, 1.807) is 0 Å². The van der Waals surface area contributed by atoms with Crippen LogP contribution >= 0.6 is 0 Å². The van der Waals surface area contributed by atoms with Gasteiger partial charge in [0.2, 0.25) is 5.91 Å². The number of hydrogen-bond acceptors (Lipinski definition) is 5. The second kappa shape index (κ2) is 10.3. The van der Waals surface area contributed by atoms with Gasteiger partial charge in [-0.2, -0.15) is 0 Å². The molecule has 0 bridgehead atoms. The molecule has 0 fully saturated rings. The fourth-order valence-corrected chi connectivity index (χ4v) is 4.62. The van der Waals surface area contributed by atoms with Crippen molar-refractivity contribution >= 4 is 22.6 Å². The predicted octanol–water partition coefficient (Wildman–Crippen LogP) is 2.89. The highest BCUT2D eigenvalue weighted by molar-refractivity contribution is 6.07. The first kappa shape index (κ1) is 23.9. The first-order valence-electron chi connectivity index (χ1n) is 12.0. The van der Waals surface area contributed by atoms with Crippen molar-refractivity contribution in [2.45, 2.75) is 39.3 Å². The van der Waals surface area contributed by atoms with Gasteiger partial charge in [-0.25, -0.2) is 0 Å². The van der Waals surface area contributed by atoms with Gasteiger partial charge in [0, 0.05) is 31.6 Å². The Labute approximate surface area is 200 Å². The van der Waals surface area contributed by atoms with Gasteiger partial charge >= 0.3 is 0 Å². The molecule has 1 aliphatic rings. The standard InChI is InChI=1S/C26H34N6O2/c1-18(2)16-22(27-24(33)17-30(3)4)25-29-28-23-12-13-31(14-15-32(23)25)26(34)21-11-7-9-19-8-5-6-10-20(19)21/h5-11,18,22H,12-17H2,1-4H3,(H,27,33). The van der Waals surface area contributed by atoms with Gasteiger partial charge in [0.05, 0.1) is 12.6 Å². The zero-order valence-corrected chi connectivity index (χ0v) is 20.5. The molecule has 0 saturated heterocycles. The van der Waals surface area contributed by atoms with Gasteiger partial charge in [0.25, 0.3) is 5.91 Å². The topological polar surface area (TPSA) is 83.4 Å². The maximum atomic E-state index is 13.5. The molecule has 3 aromatic rings. The smallest absolute Gasteiger partial charge is 0.254 e. The number of fused-ring (bicyclic) bond motifs is 2. The summed E-state index contributed by atoms with van der Waals surface area (Å²) in [6, 6.07) is 13.6. The summed E-state index contributed by atoms with van der Waals surface area (Å²) in [5.41, 5.74) is 0.727. The molecule has 2 amide bonds. The lowest BCUT2D eigenvalue weighted by Gasteiger charge is -2.23. The number of aromatic nitrogens is 3. The van der Waals surface area contributed by atoms with Gasteiger partial charge in [-0.1, -0.05) is 50.2 Å². The number of amides is 2. The van der Waals surface area contributed by atoms with Crippen molar-refractivity contribution in [2.75, 3.05) is 33.7 Å².